The number of nitrogens with one attached hydrogen (secondary N) is 1. The maximum absolute atomic E-state index is 11.6. The van der Waals surface area contributed by atoms with Crippen molar-refractivity contribution in [3.63, 3.8) is 0 Å². The number of halogens is 1. The second kappa shape index (κ2) is 7.72. The highest BCUT2D eigenvalue weighted by atomic mass is 35.5. The van der Waals surface area contributed by atoms with Gasteiger partial charge in [0.15, 0.2) is 12.6 Å². The lowest BCUT2D eigenvalue weighted by Gasteiger charge is -2.14. The van der Waals surface area contributed by atoms with Gasteiger partial charge in [0.1, 0.15) is 5.75 Å². The molecule has 0 saturated carbocycles. The van der Waals surface area contributed by atoms with Gasteiger partial charge in [0.05, 0.1) is 13.7 Å². The van der Waals surface area contributed by atoms with Crippen LogP contribution in [0.1, 0.15) is 5.56 Å². The number of carbonyl (C=O) groups excluding carboxylic acids is 2. The lowest BCUT2D eigenvalue weighted by molar-refractivity contribution is -0.146. The number of aliphatic hydroxyl groups is 1. The van der Waals surface area contributed by atoms with E-state index in [2.05, 4.69) is 10.1 Å². The molecular weight excluding hydrogens is 286 g/mol. The van der Waals surface area contributed by atoms with Gasteiger partial charge in [-0.1, -0.05) is 11.6 Å². The normalized spacial score (nSPS) is 11.6. The summed E-state index contributed by atoms with van der Waals surface area (Å²) >= 11 is 5.87. The number of methoxy groups -OCH3 is 1. The molecule has 0 fully saturated rings. The maximum atomic E-state index is 11.6. The zero-order chi connectivity index (χ0) is 15.1. The number of ether oxygens (including phenoxy) is 2. The third-order valence-corrected chi connectivity index (χ3v) is 2.93. The fourth-order valence-corrected chi connectivity index (χ4v) is 1.53. The molecule has 0 saturated heterocycles. The van der Waals surface area contributed by atoms with Crippen molar-refractivity contribution in [2.45, 2.75) is 13.0 Å². The summed E-state index contributed by atoms with van der Waals surface area (Å²) in [7, 11) is 1.17. The van der Waals surface area contributed by atoms with E-state index in [1.807, 2.05) is 6.92 Å². The lowest BCUT2D eigenvalue weighted by atomic mass is 10.2. The Morgan fingerprint density at radius 3 is 2.70 bits per heavy atom. The summed E-state index contributed by atoms with van der Waals surface area (Å²) in [6, 6.07) is 3.89. The van der Waals surface area contributed by atoms with Crippen molar-refractivity contribution in [3.05, 3.63) is 28.8 Å². The van der Waals surface area contributed by atoms with E-state index in [9.17, 15) is 9.59 Å². The number of aliphatic hydroxyl groups excluding tert-OH is 1. The van der Waals surface area contributed by atoms with Crippen LogP contribution in [0.2, 0.25) is 5.02 Å². The van der Waals surface area contributed by atoms with E-state index in [4.69, 9.17) is 21.4 Å². The molecular formula is C13H16ClNO5. The van der Waals surface area contributed by atoms with Gasteiger partial charge in [-0.2, -0.15) is 0 Å². The number of benzene rings is 1. The second-order valence-corrected chi connectivity index (χ2v) is 4.43. The molecule has 7 heteroatoms. The number of amides is 1. The Morgan fingerprint density at radius 2 is 2.15 bits per heavy atom. The molecule has 110 valence electrons. The first-order chi connectivity index (χ1) is 9.47. The summed E-state index contributed by atoms with van der Waals surface area (Å²) in [6.07, 6.45) is 0. The highest BCUT2D eigenvalue weighted by Gasteiger charge is 2.20. The fraction of sp³-hybridized carbons (Fsp3) is 0.385. The van der Waals surface area contributed by atoms with Crippen LogP contribution in [0.5, 0.6) is 5.75 Å². The summed E-state index contributed by atoms with van der Waals surface area (Å²) in [4.78, 5) is 22.8. The van der Waals surface area contributed by atoms with Crippen molar-refractivity contribution in [2.75, 3.05) is 20.3 Å². The first-order valence-electron chi connectivity index (χ1n) is 5.85. The first-order valence-corrected chi connectivity index (χ1v) is 6.22. The van der Waals surface area contributed by atoms with Gasteiger partial charge >= 0.3 is 5.97 Å². The molecule has 1 rings (SSSR count). The standard InChI is InChI=1S/C13H16ClNO5/c1-8-5-9(3-4-10(8)14)20-7-12(17)15-11(6-16)13(18)19-2/h3-5,11,16H,6-7H2,1-2H3,(H,15,17)/t11-/m1/s1. The molecule has 0 aromatic heterocycles. The molecule has 0 heterocycles. The topological polar surface area (TPSA) is 84.9 Å². The second-order valence-electron chi connectivity index (χ2n) is 4.03. The van der Waals surface area contributed by atoms with Crippen molar-refractivity contribution in [1.29, 1.82) is 0 Å². The maximum Gasteiger partial charge on any atom is 0.330 e. The van der Waals surface area contributed by atoms with E-state index in [-0.39, 0.29) is 6.61 Å². The number of esters is 1. The molecule has 1 atom stereocenters. The van der Waals surface area contributed by atoms with Crippen molar-refractivity contribution >= 4 is 23.5 Å². The predicted octanol–water partition coefficient (Wildman–Crippen LogP) is 0.677. The van der Waals surface area contributed by atoms with E-state index in [1.165, 1.54) is 7.11 Å². The van der Waals surface area contributed by atoms with Crippen LogP contribution in [0.3, 0.4) is 0 Å². The predicted molar refractivity (Wildman–Crippen MR) is 72.7 cm³/mol. The Balaban J connectivity index is 2.50. The molecule has 6 nitrogen and oxygen atoms in total. The number of hydrogen-bond donors (Lipinski definition) is 2. The third-order valence-electron chi connectivity index (χ3n) is 2.50. The van der Waals surface area contributed by atoms with Crippen molar-refractivity contribution in [1.82, 2.24) is 5.32 Å². The molecule has 0 bridgehead atoms. The van der Waals surface area contributed by atoms with Crippen LogP contribution in [0, 0.1) is 6.92 Å². The largest absolute Gasteiger partial charge is 0.484 e. The van der Waals surface area contributed by atoms with Crippen LogP contribution >= 0.6 is 11.6 Å². The average Bonchev–Trinajstić information content (AvgIpc) is 2.45. The van der Waals surface area contributed by atoms with Crippen molar-refractivity contribution < 1.29 is 24.2 Å². The molecule has 0 unspecified atom stereocenters. The van der Waals surface area contributed by atoms with E-state index in [0.717, 1.165) is 5.56 Å². The molecule has 0 aliphatic rings. The Hall–Kier alpha value is -1.79. The van der Waals surface area contributed by atoms with Gasteiger partial charge in [0.25, 0.3) is 5.91 Å². The summed E-state index contributed by atoms with van der Waals surface area (Å²) in [5, 5.41) is 11.9. The zero-order valence-corrected chi connectivity index (χ0v) is 11.9. The summed E-state index contributed by atoms with van der Waals surface area (Å²) < 4.78 is 9.68. The molecule has 0 aliphatic carbocycles. The quantitative estimate of drug-likeness (QED) is 0.755. The average molecular weight is 302 g/mol. The van der Waals surface area contributed by atoms with Gasteiger partial charge in [-0.25, -0.2) is 4.79 Å². The minimum Gasteiger partial charge on any atom is -0.484 e. The number of rotatable bonds is 6. The molecule has 1 aromatic carbocycles. The monoisotopic (exact) mass is 301 g/mol. The van der Waals surface area contributed by atoms with E-state index < -0.39 is 24.5 Å². The van der Waals surface area contributed by atoms with Gasteiger partial charge in [0, 0.05) is 5.02 Å². The Bertz CT molecular complexity index is 492. The van der Waals surface area contributed by atoms with Crippen LogP contribution in [0.15, 0.2) is 18.2 Å². The molecule has 1 aromatic rings. The Morgan fingerprint density at radius 1 is 1.45 bits per heavy atom. The minimum atomic E-state index is -1.09. The smallest absolute Gasteiger partial charge is 0.330 e. The SMILES string of the molecule is COC(=O)[C@@H](CO)NC(=O)COc1ccc(Cl)c(C)c1. The first kappa shape index (κ1) is 16.3. The van der Waals surface area contributed by atoms with Gasteiger partial charge in [-0.15, -0.1) is 0 Å². The molecule has 0 radical (unpaired) electrons. The van der Waals surface area contributed by atoms with Crippen LogP contribution < -0.4 is 10.1 Å². The van der Waals surface area contributed by atoms with E-state index in [0.29, 0.717) is 10.8 Å². The van der Waals surface area contributed by atoms with Gasteiger partial charge < -0.3 is 19.9 Å². The fourth-order valence-electron chi connectivity index (χ4n) is 1.41. The number of carbonyl (C=O) groups is 2. The van der Waals surface area contributed by atoms with Gasteiger partial charge in [-0.3, -0.25) is 4.79 Å². The molecule has 1 amide bonds. The van der Waals surface area contributed by atoms with Crippen LogP contribution in [-0.4, -0.2) is 43.3 Å². The molecule has 0 spiro atoms. The third kappa shape index (κ3) is 4.71. The Kier molecular flexibility index (Phi) is 6.27. The van der Waals surface area contributed by atoms with E-state index >= 15 is 0 Å². The summed E-state index contributed by atoms with van der Waals surface area (Å²) in [6.45, 7) is 0.987. The highest BCUT2D eigenvalue weighted by Crippen LogP contribution is 2.20. The van der Waals surface area contributed by atoms with Crippen LogP contribution in [0.4, 0.5) is 0 Å². The minimum absolute atomic E-state index is 0.283. The number of aryl methyl sites for hydroxylation is 1. The van der Waals surface area contributed by atoms with Gasteiger partial charge in [0.2, 0.25) is 0 Å². The van der Waals surface area contributed by atoms with Gasteiger partial charge in [-0.05, 0) is 30.7 Å². The number of hydrogen-bond acceptors (Lipinski definition) is 5. The molecule has 0 aliphatic heterocycles. The zero-order valence-electron chi connectivity index (χ0n) is 11.2. The van der Waals surface area contributed by atoms with Crippen molar-refractivity contribution in [3.8, 4) is 5.75 Å². The molecule has 2 N–H and O–H groups in total. The Labute approximate surface area is 121 Å². The van der Waals surface area contributed by atoms with Crippen LogP contribution in [0.25, 0.3) is 0 Å². The summed E-state index contributed by atoms with van der Waals surface area (Å²) in [5.74, 6) is -0.772. The van der Waals surface area contributed by atoms with E-state index in [1.54, 1.807) is 18.2 Å². The van der Waals surface area contributed by atoms with Crippen molar-refractivity contribution in [2.24, 2.45) is 0 Å². The molecule has 20 heavy (non-hydrogen) atoms. The lowest BCUT2D eigenvalue weighted by Crippen LogP contribution is -2.45. The highest BCUT2D eigenvalue weighted by molar-refractivity contribution is 6.31. The summed E-state index contributed by atoms with van der Waals surface area (Å²) in [5.41, 5.74) is 0.826. The van der Waals surface area contributed by atoms with Crippen LogP contribution in [-0.2, 0) is 14.3 Å².